The maximum absolute atomic E-state index is 13.1. The molecule has 23 heavy (non-hydrogen) atoms. The van der Waals surface area contributed by atoms with Gasteiger partial charge in [0.2, 0.25) is 5.91 Å². The summed E-state index contributed by atoms with van der Waals surface area (Å²) in [6, 6.07) is 2.69. The summed E-state index contributed by atoms with van der Waals surface area (Å²) in [6.45, 7) is 0.844. The van der Waals surface area contributed by atoms with Crippen LogP contribution >= 0.6 is 0 Å². The van der Waals surface area contributed by atoms with E-state index in [0.29, 0.717) is 12.0 Å². The minimum Gasteiger partial charge on any atom is -0.377 e. The zero-order chi connectivity index (χ0) is 15.7. The monoisotopic (exact) mass is 314 g/mol. The van der Waals surface area contributed by atoms with Crippen LogP contribution in [0.4, 0.5) is 0 Å². The quantitative estimate of drug-likeness (QED) is 0.852. The third-order valence-electron chi connectivity index (χ3n) is 8.10. The van der Waals surface area contributed by atoms with Gasteiger partial charge in [-0.3, -0.25) is 4.79 Å². The lowest BCUT2D eigenvalue weighted by Gasteiger charge is -2.57. The molecule has 1 aliphatic heterocycles. The average Bonchev–Trinajstić information content (AvgIpc) is 3.06. The van der Waals surface area contributed by atoms with Gasteiger partial charge in [0.1, 0.15) is 5.41 Å². The Morgan fingerprint density at radius 3 is 2.52 bits per heavy atom. The Bertz CT molecular complexity index is 583. The number of ether oxygens (including phenoxy) is 1. The zero-order valence-corrected chi connectivity index (χ0v) is 13.8. The van der Waals surface area contributed by atoms with Crippen molar-refractivity contribution in [3.8, 4) is 6.07 Å². The van der Waals surface area contributed by atoms with E-state index >= 15 is 0 Å². The van der Waals surface area contributed by atoms with Gasteiger partial charge in [-0.15, -0.1) is 0 Å². The molecule has 0 aromatic rings. The van der Waals surface area contributed by atoms with Crippen LogP contribution in [-0.2, 0) is 9.53 Å². The minimum atomic E-state index is -0.714. The van der Waals surface area contributed by atoms with E-state index in [4.69, 9.17) is 4.74 Å². The lowest BCUT2D eigenvalue weighted by atomic mass is 9.54. The van der Waals surface area contributed by atoms with E-state index in [0.717, 1.165) is 32.3 Å². The predicted octanol–water partition coefficient (Wildman–Crippen LogP) is 2.92. The average molecular weight is 314 g/mol. The molecule has 4 nitrogen and oxygen atoms in total. The van der Waals surface area contributed by atoms with Gasteiger partial charge in [0.15, 0.2) is 0 Å². The number of nitrogens with one attached hydrogen (secondary N) is 1. The topological polar surface area (TPSA) is 62.1 Å². The molecular formula is C19H26N2O2. The molecule has 5 fully saturated rings. The highest BCUT2D eigenvalue weighted by Gasteiger charge is 2.74. The smallest absolute Gasteiger partial charge is 0.241 e. The van der Waals surface area contributed by atoms with Gasteiger partial charge in [-0.2, -0.15) is 5.26 Å². The Labute approximate surface area is 137 Å². The molecule has 0 aromatic carbocycles. The molecule has 2 spiro atoms. The summed E-state index contributed by atoms with van der Waals surface area (Å²) in [5, 5.41) is 13.1. The van der Waals surface area contributed by atoms with Crippen molar-refractivity contribution >= 4 is 5.91 Å². The Hall–Kier alpha value is -1.08. The number of hydrogen-bond acceptors (Lipinski definition) is 3. The van der Waals surface area contributed by atoms with Crippen molar-refractivity contribution in [2.75, 3.05) is 6.61 Å². The number of fused-ring (bicyclic) bond motifs is 2. The van der Waals surface area contributed by atoms with E-state index in [-0.39, 0.29) is 22.8 Å². The molecule has 0 radical (unpaired) electrons. The van der Waals surface area contributed by atoms with Crippen molar-refractivity contribution in [2.24, 2.45) is 22.2 Å². The SMILES string of the molecule is N#CC1(C(=O)NC2C3CCOC3C23CCCC3)CC12CCCC2. The number of nitrogens with zero attached hydrogens (tertiary/aromatic N) is 1. The van der Waals surface area contributed by atoms with E-state index in [2.05, 4.69) is 11.4 Å². The zero-order valence-electron chi connectivity index (χ0n) is 13.8. The Morgan fingerprint density at radius 1 is 1.13 bits per heavy atom. The molecule has 1 saturated heterocycles. The number of nitriles is 1. The summed E-state index contributed by atoms with van der Waals surface area (Å²) < 4.78 is 6.01. The van der Waals surface area contributed by atoms with Crippen LogP contribution in [0.2, 0.25) is 0 Å². The summed E-state index contributed by atoms with van der Waals surface area (Å²) in [5.41, 5.74) is -0.511. The number of amides is 1. The standard InChI is InChI=1S/C19H26N2O2/c20-12-19(11-17(19)6-1-2-7-17)16(22)21-14-13-5-10-23-15(13)18(14)8-3-4-9-18/h13-15H,1-11H2,(H,21,22). The third kappa shape index (κ3) is 1.58. The van der Waals surface area contributed by atoms with Crippen LogP contribution in [0.3, 0.4) is 0 Å². The van der Waals surface area contributed by atoms with Crippen molar-refractivity contribution in [3.63, 3.8) is 0 Å². The fourth-order valence-electron chi connectivity index (χ4n) is 6.82. The summed E-state index contributed by atoms with van der Waals surface area (Å²) in [4.78, 5) is 13.1. The van der Waals surface area contributed by atoms with Gasteiger partial charge in [0.05, 0.1) is 12.2 Å². The van der Waals surface area contributed by atoms with Gasteiger partial charge in [-0.05, 0) is 38.5 Å². The summed E-state index contributed by atoms with van der Waals surface area (Å²) >= 11 is 0. The van der Waals surface area contributed by atoms with Gasteiger partial charge >= 0.3 is 0 Å². The van der Waals surface area contributed by atoms with E-state index in [1.807, 2.05) is 0 Å². The van der Waals surface area contributed by atoms with Crippen LogP contribution in [0.1, 0.15) is 64.2 Å². The molecule has 4 atom stereocenters. The normalized spacial score (nSPS) is 44.7. The Morgan fingerprint density at radius 2 is 1.83 bits per heavy atom. The van der Waals surface area contributed by atoms with Crippen LogP contribution in [0.25, 0.3) is 0 Å². The van der Waals surface area contributed by atoms with Crippen molar-refractivity contribution in [1.82, 2.24) is 5.32 Å². The van der Waals surface area contributed by atoms with Crippen molar-refractivity contribution < 1.29 is 9.53 Å². The second kappa shape index (κ2) is 4.51. The largest absolute Gasteiger partial charge is 0.377 e. The molecule has 4 saturated carbocycles. The molecule has 1 N–H and O–H groups in total. The number of carbonyl (C=O) groups is 1. The van der Waals surface area contributed by atoms with Gasteiger partial charge in [-0.25, -0.2) is 0 Å². The summed E-state index contributed by atoms with van der Waals surface area (Å²) in [7, 11) is 0. The first-order valence-electron chi connectivity index (χ1n) is 9.51. The first-order valence-corrected chi connectivity index (χ1v) is 9.51. The van der Waals surface area contributed by atoms with Crippen LogP contribution < -0.4 is 5.32 Å². The second-order valence-corrected chi connectivity index (χ2v) is 8.82. The third-order valence-corrected chi connectivity index (χ3v) is 8.10. The first kappa shape index (κ1) is 14.3. The van der Waals surface area contributed by atoms with Gasteiger partial charge < -0.3 is 10.1 Å². The van der Waals surface area contributed by atoms with Crippen LogP contribution in [-0.4, -0.2) is 24.7 Å². The molecule has 1 amide bonds. The van der Waals surface area contributed by atoms with Gasteiger partial charge in [-0.1, -0.05) is 25.7 Å². The molecule has 4 aliphatic carbocycles. The Balaban J connectivity index is 1.37. The van der Waals surface area contributed by atoms with Crippen LogP contribution in [0, 0.1) is 33.5 Å². The predicted molar refractivity (Wildman–Crippen MR) is 84.2 cm³/mol. The van der Waals surface area contributed by atoms with Crippen molar-refractivity contribution in [1.29, 1.82) is 5.26 Å². The highest BCUT2D eigenvalue weighted by molar-refractivity contribution is 5.90. The van der Waals surface area contributed by atoms with Crippen LogP contribution in [0.5, 0.6) is 0 Å². The van der Waals surface area contributed by atoms with Crippen molar-refractivity contribution in [2.45, 2.75) is 76.4 Å². The second-order valence-electron chi connectivity index (χ2n) is 8.82. The van der Waals surface area contributed by atoms with Gasteiger partial charge in [0.25, 0.3) is 0 Å². The molecule has 4 heteroatoms. The molecule has 4 unspecified atom stereocenters. The van der Waals surface area contributed by atoms with E-state index in [1.54, 1.807) is 0 Å². The summed E-state index contributed by atoms with van der Waals surface area (Å²) in [5.74, 6) is 0.537. The maximum atomic E-state index is 13.1. The fraction of sp³-hybridized carbons (Fsp3) is 0.895. The molecule has 5 aliphatic rings. The minimum absolute atomic E-state index is 0.0179. The maximum Gasteiger partial charge on any atom is 0.241 e. The van der Waals surface area contributed by atoms with E-state index in [1.165, 1.54) is 38.5 Å². The highest BCUT2D eigenvalue weighted by atomic mass is 16.5. The number of carbonyl (C=O) groups excluding carboxylic acids is 1. The van der Waals surface area contributed by atoms with Gasteiger partial charge in [0, 0.05) is 29.4 Å². The molecular weight excluding hydrogens is 288 g/mol. The number of rotatable bonds is 2. The van der Waals surface area contributed by atoms with E-state index < -0.39 is 5.41 Å². The molecule has 0 aromatic heterocycles. The lowest BCUT2D eigenvalue weighted by Crippen LogP contribution is -2.69. The highest BCUT2D eigenvalue weighted by Crippen LogP contribution is 2.72. The molecule has 0 bridgehead atoms. The summed E-state index contributed by atoms with van der Waals surface area (Å²) in [6.07, 6.45) is 11.6. The van der Waals surface area contributed by atoms with Crippen molar-refractivity contribution in [3.05, 3.63) is 0 Å². The molecule has 1 heterocycles. The van der Waals surface area contributed by atoms with E-state index in [9.17, 15) is 10.1 Å². The lowest BCUT2D eigenvalue weighted by molar-refractivity contribution is -0.148. The van der Waals surface area contributed by atoms with Crippen LogP contribution in [0.15, 0.2) is 0 Å². The number of hydrogen-bond donors (Lipinski definition) is 1. The fourth-order valence-corrected chi connectivity index (χ4v) is 6.82. The molecule has 124 valence electrons. The first-order chi connectivity index (χ1) is 11.2. The molecule has 5 rings (SSSR count). The Kier molecular flexibility index (Phi) is 2.80.